The van der Waals surface area contributed by atoms with Crippen molar-refractivity contribution < 1.29 is 9.59 Å². The molecule has 0 bridgehead atoms. The van der Waals surface area contributed by atoms with Gasteiger partial charge in [-0.3, -0.25) is 14.5 Å². The summed E-state index contributed by atoms with van der Waals surface area (Å²) in [4.78, 5) is 26.3. The van der Waals surface area contributed by atoms with Gasteiger partial charge in [-0.2, -0.15) is 0 Å². The largest absolute Gasteiger partial charge is 0.369 e. The lowest BCUT2D eigenvalue weighted by atomic mass is 9.86. The van der Waals surface area contributed by atoms with E-state index in [9.17, 15) is 9.59 Å². The summed E-state index contributed by atoms with van der Waals surface area (Å²) in [7, 11) is 0. The van der Waals surface area contributed by atoms with Crippen LogP contribution in [0.5, 0.6) is 0 Å². The number of likely N-dealkylation sites (tertiary alicyclic amines) is 1. The van der Waals surface area contributed by atoms with Crippen molar-refractivity contribution in [2.75, 3.05) is 13.1 Å². The first kappa shape index (κ1) is 19.1. The Morgan fingerprint density at radius 2 is 1.41 bits per heavy atom. The minimum absolute atomic E-state index is 0.0658. The van der Waals surface area contributed by atoms with Crippen LogP contribution in [0.2, 0.25) is 0 Å². The zero-order valence-electron chi connectivity index (χ0n) is 15.5. The van der Waals surface area contributed by atoms with Crippen molar-refractivity contribution in [2.45, 2.75) is 25.3 Å². The maximum Gasteiger partial charge on any atom is 0.222 e. The van der Waals surface area contributed by atoms with E-state index in [-0.39, 0.29) is 6.04 Å². The summed E-state index contributed by atoms with van der Waals surface area (Å²) in [6, 6.07) is 20.3. The first-order valence-corrected chi connectivity index (χ1v) is 9.47. The Hall–Kier alpha value is -2.66. The number of rotatable bonds is 8. The lowest BCUT2D eigenvalue weighted by molar-refractivity contribution is -0.130. The molecule has 3 rings (SSSR count). The van der Waals surface area contributed by atoms with Gasteiger partial charge in [0, 0.05) is 19.1 Å². The summed E-state index contributed by atoms with van der Waals surface area (Å²) in [6.45, 7) is 1.27. The fraction of sp³-hybridized carbons (Fsp3) is 0.364. The second-order valence-corrected chi connectivity index (χ2v) is 7.26. The van der Waals surface area contributed by atoms with Crippen molar-refractivity contribution in [3.63, 3.8) is 0 Å². The second-order valence-electron chi connectivity index (χ2n) is 7.26. The molecule has 1 fully saturated rings. The molecule has 1 aliphatic rings. The van der Waals surface area contributed by atoms with Crippen LogP contribution in [0.3, 0.4) is 0 Å². The number of carbonyl (C=O) groups excluding carboxylic acids is 2. The third-order valence-corrected chi connectivity index (χ3v) is 5.54. The van der Waals surface area contributed by atoms with Gasteiger partial charge in [0.2, 0.25) is 11.8 Å². The van der Waals surface area contributed by atoms with Gasteiger partial charge in [-0.1, -0.05) is 60.7 Å². The standard InChI is InChI=1S/C22H27N3O2/c23-21(26)18-15-25(14-13-17-9-5-2-6-10-17)19(20(18)22(24)27)12-11-16-7-3-1-4-8-16/h1-10,18-20H,11-15H2,(H2,23,26)(H2,24,27). The summed E-state index contributed by atoms with van der Waals surface area (Å²) >= 11 is 0. The zero-order valence-corrected chi connectivity index (χ0v) is 15.5. The van der Waals surface area contributed by atoms with Crippen molar-refractivity contribution in [1.29, 1.82) is 0 Å². The number of hydrogen-bond acceptors (Lipinski definition) is 3. The van der Waals surface area contributed by atoms with Crippen LogP contribution in [0, 0.1) is 11.8 Å². The van der Waals surface area contributed by atoms with E-state index in [1.807, 2.05) is 36.4 Å². The molecule has 1 aliphatic heterocycles. The molecule has 0 aliphatic carbocycles. The minimum Gasteiger partial charge on any atom is -0.369 e. The third kappa shape index (κ3) is 4.74. The van der Waals surface area contributed by atoms with Crippen LogP contribution in [-0.2, 0) is 22.4 Å². The maximum atomic E-state index is 12.1. The monoisotopic (exact) mass is 365 g/mol. The quantitative estimate of drug-likeness (QED) is 0.747. The predicted octanol–water partition coefficient (Wildman–Crippen LogP) is 1.75. The highest BCUT2D eigenvalue weighted by molar-refractivity contribution is 5.87. The summed E-state index contributed by atoms with van der Waals surface area (Å²) in [5, 5.41) is 0. The van der Waals surface area contributed by atoms with Crippen LogP contribution < -0.4 is 11.5 Å². The Bertz CT molecular complexity index is 764. The van der Waals surface area contributed by atoms with E-state index < -0.39 is 23.7 Å². The molecule has 0 saturated carbocycles. The first-order chi connectivity index (χ1) is 13.1. The van der Waals surface area contributed by atoms with Gasteiger partial charge >= 0.3 is 0 Å². The number of nitrogens with two attached hydrogens (primary N) is 2. The number of carbonyl (C=O) groups is 2. The molecule has 3 unspecified atom stereocenters. The molecule has 1 saturated heterocycles. The smallest absolute Gasteiger partial charge is 0.222 e. The minimum atomic E-state index is -0.526. The van der Waals surface area contributed by atoms with Crippen LogP contribution in [0.25, 0.3) is 0 Å². The average molecular weight is 365 g/mol. The molecule has 0 spiro atoms. The fourth-order valence-electron chi connectivity index (χ4n) is 4.15. The predicted molar refractivity (Wildman–Crippen MR) is 106 cm³/mol. The topological polar surface area (TPSA) is 89.4 Å². The molecule has 142 valence electrons. The van der Waals surface area contributed by atoms with E-state index in [0.717, 1.165) is 25.8 Å². The molecule has 0 aromatic heterocycles. The van der Waals surface area contributed by atoms with Gasteiger partial charge in [0.15, 0.2) is 0 Å². The lowest BCUT2D eigenvalue weighted by Gasteiger charge is -2.27. The van der Waals surface area contributed by atoms with Crippen LogP contribution >= 0.6 is 0 Å². The van der Waals surface area contributed by atoms with E-state index in [1.54, 1.807) is 0 Å². The Labute approximate surface area is 160 Å². The van der Waals surface area contributed by atoms with E-state index in [2.05, 4.69) is 29.2 Å². The summed E-state index contributed by atoms with van der Waals surface area (Å²) in [5.41, 5.74) is 13.7. The molecule has 2 amide bonds. The van der Waals surface area contributed by atoms with Gasteiger partial charge in [-0.25, -0.2) is 0 Å². The van der Waals surface area contributed by atoms with Crippen LogP contribution in [0.1, 0.15) is 17.5 Å². The van der Waals surface area contributed by atoms with Gasteiger partial charge < -0.3 is 11.5 Å². The van der Waals surface area contributed by atoms with Crippen LogP contribution in [-0.4, -0.2) is 35.8 Å². The molecular weight excluding hydrogens is 338 g/mol. The van der Waals surface area contributed by atoms with E-state index in [0.29, 0.717) is 6.54 Å². The van der Waals surface area contributed by atoms with Crippen molar-refractivity contribution in [3.05, 3.63) is 71.8 Å². The van der Waals surface area contributed by atoms with E-state index in [4.69, 9.17) is 11.5 Å². The van der Waals surface area contributed by atoms with Gasteiger partial charge in [0.05, 0.1) is 11.8 Å². The summed E-state index contributed by atoms with van der Waals surface area (Å²) in [5.74, 6) is -1.91. The van der Waals surface area contributed by atoms with Gasteiger partial charge in [0.25, 0.3) is 0 Å². The zero-order chi connectivity index (χ0) is 19.2. The highest BCUT2D eigenvalue weighted by Gasteiger charge is 2.46. The molecular formula is C22H27N3O2. The number of primary amides is 2. The van der Waals surface area contributed by atoms with Crippen molar-refractivity contribution >= 4 is 11.8 Å². The second kappa shape index (κ2) is 8.82. The highest BCUT2D eigenvalue weighted by atomic mass is 16.2. The van der Waals surface area contributed by atoms with Crippen LogP contribution in [0.4, 0.5) is 0 Å². The SMILES string of the molecule is NC(=O)C1CN(CCc2ccccc2)C(CCc2ccccc2)C1C(N)=O. The number of nitrogens with zero attached hydrogens (tertiary/aromatic N) is 1. The number of aryl methyl sites for hydroxylation is 1. The Balaban J connectivity index is 1.75. The average Bonchev–Trinajstić information content (AvgIpc) is 3.05. The number of hydrogen-bond donors (Lipinski definition) is 2. The Morgan fingerprint density at radius 3 is 1.93 bits per heavy atom. The van der Waals surface area contributed by atoms with Crippen molar-refractivity contribution in [3.8, 4) is 0 Å². The van der Waals surface area contributed by atoms with Gasteiger partial charge in [-0.05, 0) is 30.4 Å². The highest BCUT2D eigenvalue weighted by Crippen LogP contribution is 2.33. The molecule has 4 N–H and O–H groups in total. The van der Waals surface area contributed by atoms with Crippen LogP contribution in [0.15, 0.2) is 60.7 Å². The normalized spacial score (nSPS) is 22.6. The molecule has 5 nitrogen and oxygen atoms in total. The molecule has 27 heavy (non-hydrogen) atoms. The summed E-state index contributed by atoms with van der Waals surface area (Å²) < 4.78 is 0. The number of benzene rings is 2. The summed E-state index contributed by atoms with van der Waals surface area (Å²) in [6.07, 6.45) is 2.47. The first-order valence-electron chi connectivity index (χ1n) is 9.47. The van der Waals surface area contributed by atoms with Crippen molar-refractivity contribution in [1.82, 2.24) is 4.90 Å². The van der Waals surface area contributed by atoms with Gasteiger partial charge in [-0.15, -0.1) is 0 Å². The maximum absolute atomic E-state index is 12.1. The lowest BCUT2D eigenvalue weighted by Crippen LogP contribution is -2.42. The molecule has 2 aromatic carbocycles. The molecule has 3 atom stereocenters. The van der Waals surface area contributed by atoms with Gasteiger partial charge in [0.1, 0.15) is 0 Å². The molecule has 2 aromatic rings. The number of amides is 2. The van der Waals surface area contributed by atoms with E-state index >= 15 is 0 Å². The molecule has 0 radical (unpaired) electrons. The fourth-order valence-corrected chi connectivity index (χ4v) is 4.15. The van der Waals surface area contributed by atoms with Crippen molar-refractivity contribution in [2.24, 2.45) is 23.3 Å². The Morgan fingerprint density at radius 1 is 0.852 bits per heavy atom. The Kier molecular flexibility index (Phi) is 6.24. The third-order valence-electron chi connectivity index (χ3n) is 5.54. The molecule has 1 heterocycles. The molecule has 5 heteroatoms. The van der Waals surface area contributed by atoms with E-state index in [1.165, 1.54) is 11.1 Å².